The molecule has 3 rings (SSSR count). The second kappa shape index (κ2) is 7.90. The standard InChI is InChI=1S/C19H19NO4S/c1-22-17-6-5-15(10-18(17)23-2)19(21)20(11-14-7-8-24-13-14)12-16-4-3-9-25-16/h3-10,13H,11-12H2,1-2H3. The van der Waals surface area contributed by atoms with E-state index in [2.05, 4.69) is 0 Å². The van der Waals surface area contributed by atoms with Gasteiger partial charge < -0.3 is 18.8 Å². The number of methoxy groups -OCH3 is 2. The Kier molecular flexibility index (Phi) is 5.40. The van der Waals surface area contributed by atoms with Crippen LogP contribution in [0.3, 0.4) is 0 Å². The lowest BCUT2D eigenvalue weighted by atomic mass is 10.1. The molecule has 6 heteroatoms. The predicted molar refractivity (Wildman–Crippen MR) is 96.2 cm³/mol. The van der Waals surface area contributed by atoms with Crippen LogP contribution in [0.1, 0.15) is 20.8 Å². The Labute approximate surface area is 150 Å². The molecule has 130 valence electrons. The molecule has 0 aliphatic rings. The van der Waals surface area contributed by atoms with E-state index in [0.29, 0.717) is 30.2 Å². The molecule has 1 amide bonds. The van der Waals surface area contributed by atoms with E-state index >= 15 is 0 Å². The van der Waals surface area contributed by atoms with Gasteiger partial charge in [-0.3, -0.25) is 4.79 Å². The molecule has 0 atom stereocenters. The van der Waals surface area contributed by atoms with Crippen molar-refractivity contribution in [3.05, 3.63) is 70.3 Å². The molecule has 0 N–H and O–H groups in total. The van der Waals surface area contributed by atoms with Gasteiger partial charge in [-0.1, -0.05) is 6.07 Å². The highest BCUT2D eigenvalue weighted by molar-refractivity contribution is 7.09. The Morgan fingerprint density at radius 3 is 2.60 bits per heavy atom. The number of carbonyl (C=O) groups excluding carboxylic acids is 1. The monoisotopic (exact) mass is 357 g/mol. The van der Waals surface area contributed by atoms with Crippen LogP contribution in [0, 0.1) is 0 Å². The minimum Gasteiger partial charge on any atom is -0.493 e. The highest BCUT2D eigenvalue weighted by atomic mass is 32.1. The summed E-state index contributed by atoms with van der Waals surface area (Å²) in [5, 5.41) is 2.01. The summed E-state index contributed by atoms with van der Waals surface area (Å²) in [7, 11) is 3.13. The molecule has 0 aliphatic carbocycles. The lowest BCUT2D eigenvalue weighted by Crippen LogP contribution is -2.29. The number of amides is 1. The first-order chi connectivity index (χ1) is 12.2. The van der Waals surface area contributed by atoms with Crippen LogP contribution >= 0.6 is 11.3 Å². The zero-order valence-electron chi connectivity index (χ0n) is 14.1. The summed E-state index contributed by atoms with van der Waals surface area (Å²) in [5.41, 5.74) is 1.50. The van der Waals surface area contributed by atoms with Crippen LogP contribution in [0.15, 0.2) is 58.7 Å². The van der Waals surface area contributed by atoms with Gasteiger partial charge in [-0.25, -0.2) is 0 Å². The van der Waals surface area contributed by atoms with Crippen molar-refractivity contribution in [2.24, 2.45) is 0 Å². The van der Waals surface area contributed by atoms with Crippen LogP contribution in [0.4, 0.5) is 0 Å². The number of nitrogens with zero attached hydrogens (tertiary/aromatic N) is 1. The fourth-order valence-electron chi connectivity index (χ4n) is 2.54. The van der Waals surface area contributed by atoms with Crippen molar-refractivity contribution < 1.29 is 18.7 Å². The van der Waals surface area contributed by atoms with Crippen molar-refractivity contribution in [2.45, 2.75) is 13.1 Å². The summed E-state index contributed by atoms with van der Waals surface area (Å²) in [6.07, 6.45) is 3.27. The van der Waals surface area contributed by atoms with Crippen molar-refractivity contribution in [3.8, 4) is 11.5 Å². The van der Waals surface area contributed by atoms with Crippen LogP contribution in [0.5, 0.6) is 11.5 Å². The maximum absolute atomic E-state index is 13.1. The van der Waals surface area contributed by atoms with Crippen LogP contribution in [0.2, 0.25) is 0 Å². The molecule has 25 heavy (non-hydrogen) atoms. The van der Waals surface area contributed by atoms with Crippen molar-refractivity contribution in [1.29, 1.82) is 0 Å². The zero-order valence-corrected chi connectivity index (χ0v) is 14.9. The molecule has 0 saturated carbocycles. The van der Waals surface area contributed by atoms with Crippen molar-refractivity contribution in [3.63, 3.8) is 0 Å². The molecule has 5 nitrogen and oxygen atoms in total. The lowest BCUT2D eigenvalue weighted by molar-refractivity contribution is 0.0731. The third-order valence-electron chi connectivity index (χ3n) is 3.80. The first kappa shape index (κ1) is 17.1. The van der Waals surface area contributed by atoms with Gasteiger partial charge in [0.15, 0.2) is 11.5 Å². The molecule has 0 aliphatic heterocycles. The molecule has 2 heterocycles. The highest BCUT2D eigenvalue weighted by Crippen LogP contribution is 2.28. The van der Waals surface area contributed by atoms with Gasteiger partial charge in [-0.2, -0.15) is 0 Å². The Bertz CT molecular complexity index is 776. The molecule has 0 radical (unpaired) electrons. The van der Waals surface area contributed by atoms with E-state index < -0.39 is 0 Å². The minimum atomic E-state index is -0.0736. The second-order valence-electron chi connectivity index (χ2n) is 5.44. The minimum absolute atomic E-state index is 0.0736. The third kappa shape index (κ3) is 4.03. The topological polar surface area (TPSA) is 51.9 Å². The van der Waals surface area contributed by atoms with E-state index in [0.717, 1.165) is 10.4 Å². The Hall–Kier alpha value is -2.73. The summed E-state index contributed by atoms with van der Waals surface area (Å²) < 4.78 is 15.7. The lowest BCUT2D eigenvalue weighted by Gasteiger charge is -2.22. The van der Waals surface area contributed by atoms with Crippen LogP contribution in [-0.4, -0.2) is 25.0 Å². The molecular formula is C19H19NO4S. The van der Waals surface area contributed by atoms with Crippen molar-refractivity contribution in [1.82, 2.24) is 4.90 Å². The van der Waals surface area contributed by atoms with Crippen molar-refractivity contribution in [2.75, 3.05) is 14.2 Å². The summed E-state index contributed by atoms with van der Waals surface area (Å²) in [6.45, 7) is 1.01. The smallest absolute Gasteiger partial charge is 0.254 e. The average Bonchev–Trinajstić information content (AvgIpc) is 3.34. The summed E-state index contributed by atoms with van der Waals surface area (Å²) in [4.78, 5) is 16.0. The zero-order chi connectivity index (χ0) is 17.6. The molecule has 0 spiro atoms. The first-order valence-corrected chi connectivity index (χ1v) is 8.64. The van der Waals surface area contributed by atoms with Crippen LogP contribution in [0.25, 0.3) is 0 Å². The number of benzene rings is 1. The molecule has 0 unspecified atom stereocenters. The van der Waals surface area contributed by atoms with Crippen LogP contribution in [-0.2, 0) is 13.1 Å². The molecule has 3 aromatic rings. The average molecular weight is 357 g/mol. The SMILES string of the molecule is COc1ccc(C(=O)N(Cc2ccoc2)Cc2cccs2)cc1OC. The van der Waals surface area contributed by atoms with Gasteiger partial charge in [0.25, 0.3) is 5.91 Å². The van der Waals surface area contributed by atoms with Gasteiger partial charge in [0, 0.05) is 22.5 Å². The molecule has 0 bridgehead atoms. The number of furan rings is 1. The molecule has 2 aromatic heterocycles. The molecule has 0 fully saturated rings. The van der Waals surface area contributed by atoms with E-state index in [1.807, 2.05) is 23.6 Å². The fraction of sp³-hybridized carbons (Fsp3) is 0.211. The van der Waals surface area contributed by atoms with E-state index in [-0.39, 0.29) is 5.91 Å². The molecule has 1 aromatic carbocycles. The Morgan fingerprint density at radius 1 is 1.12 bits per heavy atom. The fourth-order valence-corrected chi connectivity index (χ4v) is 3.26. The summed E-state index contributed by atoms with van der Waals surface area (Å²) in [5.74, 6) is 1.06. The maximum atomic E-state index is 13.1. The van der Waals surface area contributed by atoms with E-state index in [1.54, 1.807) is 61.2 Å². The predicted octanol–water partition coefficient (Wildman–Crippen LogP) is 4.20. The van der Waals surface area contributed by atoms with Crippen LogP contribution < -0.4 is 9.47 Å². The van der Waals surface area contributed by atoms with E-state index in [4.69, 9.17) is 13.9 Å². The molecule has 0 saturated heterocycles. The van der Waals surface area contributed by atoms with E-state index in [9.17, 15) is 4.79 Å². The highest BCUT2D eigenvalue weighted by Gasteiger charge is 2.19. The normalized spacial score (nSPS) is 10.5. The number of rotatable bonds is 7. The maximum Gasteiger partial charge on any atom is 0.254 e. The van der Waals surface area contributed by atoms with Gasteiger partial charge in [0.05, 0.1) is 33.3 Å². The number of thiophene rings is 1. The first-order valence-electron chi connectivity index (χ1n) is 7.76. The Morgan fingerprint density at radius 2 is 1.96 bits per heavy atom. The number of carbonyl (C=O) groups is 1. The second-order valence-corrected chi connectivity index (χ2v) is 6.47. The van der Waals surface area contributed by atoms with Crippen molar-refractivity contribution >= 4 is 17.2 Å². The van der Waals surface area contributed by atoms with Gasteiger partial charge >= 0.3 is 0 Å². The molecular weight excluding hydrogens is 338 g/mol. The van der Waals surface area contributed by atoms with E-state index in [1.165, 1.54) is 0 Å². The third-order valence-corrected chi connectivity index (χ3v) is 4.66. The summed E-state index contributed by atoms with van der Waals surface area (Å²) in [6, 6.07) is 11.1. The number of hydrogen-bond donors (Lipinski definition) is 0. The van der Waals surface area contributed by atoms with Gasteiger partial charge in [0.2, 0.25) is 0 Å². The van der Waals surface area contributed by atoms with Gasteiger partial charge in [-0.15, -0.1) is 11.3 Å². The largest absolute Gasteiger partial charge is 0.493 e. The number of hydrogen-bond acceptors (Lipinski definition) is 5. The Balaban J connectivity index is 1.87. The summed E-state index contributed by atoms with van der Waals surface area (Å²) >= 11 is 1.63. The number of ether oxygens (including phenoxy) is 2. The quantitative estimate of drug-likeness (QED) is 0.636. The van der Waals surface area contributed by atoms with Gasteiger partial charge in [-0.05, 0) is 35.7 Å². The van der Waals surface area contributed by atoms with Gasteiger partial charge in [0.1, 0.15) is 0 Å².